The molecule has 0 radical (unpaired) electrons. The Morgan fingerprint density at radius 1 is 0.800 bits per heavy atom. The second kappa shape index (κ2) is 6.34. The van der Waals surface area contributed by atoms with Gasteiger partial charge in [0.2, 0.25) is 0 Å². The van der Waals surface area contributed by atoms with Gasteiger partial charge in [0.05, 0.1) is 11.6 Å². The van der Waals surface area contributed by atoms with Gasteiger partial charge in [-0.25, -0.2) is 0 Å². The van der Waals surface area contributed by atoms with E-state index in [-0.39, 0.29) is 0 Å². The Morgan fingerprint density at radius 2 is 1.32 bits per heavy atom. The van der Waals surface area contributed by atoms with Gasteiger partial charge in [0.25, 0.3) is 0 Å². The van der Waals surface area contributed by atoms with E-state index in [2.05, 4.69) is 37.3 Å². The molecular formula is C24H27N. The highest BCUT2D eigenvalue weighted by Crippen LogP contribution is 2.59. The minimum atomic E-state index is 0.443. The van der Waals surface area contributed by atoms with Crippen molar-refractivity contribution in [1.29, 1.82) is 5.26 Å². The van der Waals surface area contributed by atoms with Gasteiger partial charge in [-0.05, 0) is 84.6 Å². The number of hydrogen-bond acceptors (Lipinski definition) is 1. The molecule has 0 aliphatic heterocycles. The van der Waals surface area contributed by atoms with Gasteiger partial charge in [0.1, 0.15) is 0 Å². The van der Waals surface area contributed by atoms with Crippen molar-refractivity contribution in [2.75, 3.05) is 0 Å². The summed E-state index contributed by atoms with van der Waals surface area (Å²) in [6, 6.07) is 19.4. The molecule has 25 heavy (non-hydrogen) atoms. The fourth-order valence-corrected chi connectivity index (χ4v) is 5.36. The molecule has 1 nitrogen and oxygen atoms in total. The molecule has 3 aliphatic rings. The minimum absolute atomic E-state index is 0.443. The SMILES string of the molecule is CCCC12CCC(c3ccc(-c4ccc(C#N)cc4)cc3)(CC1)CC2. The lowest BCUT2D eigenvalue weighted by Crippen LogP contribution is -2.44. The van der Waals surface area contributed by atoms with Gasteiger partial charge in [-0.1, -0.05) is 49.7 Å². The first-order valence-electron chi connectivity index (χ1n) is 9.80. The van der Waals surface area contributed by atoms with Crippen molar-refractivity contribution in [2.24, 2.45) is 5.41 Å². The zero-order valence-electron chi connectivity index (χ0n) is 15.2. The molecule has 0 aromatic heterocycles. The Morgan fingerprint density at radius 3 is 1.80 bits per heavy atom. The molecule has 3 saturated carbocycles. The first-order chi connectivity index (χ1) is 12.2. The van der Waals surface area contributed by atoms with E-state index in [1.54, 1.807) is 5.56 Å². The van der Waals surface area contributed by atoms with Crippen molar-refractivity contribution < 1.29 is 0 Å². The lowest BCUT2D eigenvalue weighted by molar-refractivity contribution is 0.0320. The fraction of sp³-hybridized carbons (Fsp3) is 0.458. The summed E-state index contributed by atoms with van der Waals surface area (Å²) in [6.45, 7) is 2.34. The number of rotatable bonds is 4. The molecule has 0 unspecified atom stereocenters. The second-order valence-corrected chi connectivity index (χ2v) is 8.30. The highest BCUT2D eigenvalue weighted by Gasteiger charge is 2.48. The van der Waals surface area contributed by atoms with Crippen LogP contribution in [-0.2, 0) is 5.41 Å². The average Bonchev–Trinajstić information content (AvgIpc) is 2.70. The first-order valence-corrected chi connectivity index (χ1v) is 9.80. The Labute approximate surface area is 151 Å². The Balaban J connectivity index is 1.54. The Hall–Kier alpha value is -2.07. The Bertz CT molecular complexity index is 752. The molecule has 2 bridgehead atoms. The van der Waals surface area contributed by atoms with Crippen LogP contribution in [0.4, 0.5) is 0 Å². The Kier molecular flexibility index (Phi) is 4.16. The van der Waals surface area contributed by atoms with E-state index in [4.69, 9.17) is 5.26 Å². The van der Waals surface area contributed by atoms with Crippen LogP contribution in [0.1, 0.15) is 69.4 Å². The van der Waals surface area contributed by atoms with Gasteiger partial charge in [-0.2, -0.15) is 5.26 Å². The van der Waals surface area contributed by atoms with Crippen LogP contribution in [0.3, 0.4) is 0 Å². The van der Waals surface area contributed by atoms with Gasteiger partial charge < -0.3 is 0 Å². The highest BCUT2D eigenvalue weighted by atomic mass is 14.5. The fourth-order valence-electron chi connectivity index (χ4n) is 5.36. The van der Waals surface area contributed by atoms with E-state index in [0.29, 0.717) is 10.8 Å². The summed E-state index contributed by atoms with van der Waals surface area (Å²) in [4.78, 5) is 0. The van der Waals surface area contributed by atoms with Crippen LogP contribution in [0.15, 0.2) is 48.5 Å². The number of benzene rings is 2. The van der Waals surface area contributed by atoms with Crippen molar-refractivity contribution in [3.63, 3.8) is 0 Å². The molecule has 0 N–H and O–H groups in total. The van der Waals surface area contributed by atoms with Crippen LogP contribution in [0.2, 0.25) is 0 Å². The standard InChI is InChI=1S/C24H27N/c1-2-11-23-12-15-24(16-13-23,17-14-23)22-9-7-21(8-10-22)20-5-3-19(18-25)4-6-20/h3-10H,2,11-17H2,1H3. The largest absolute Gasteiger partial charge is 0.192 e. The molecule has 0 spiro atoms. The van der Waals surface area contributed by atoms with Gasteiger partial charge in [-0.3, -0.25) is 0 Å². The summed E-state index contributed by atoms with van der Waals surface area (Å²) in [5.41, 5.74) is 5.83. The van der Waals surface area contributed by atoms with Crippen LogP contribution >= 0.6 is 0 Å². The molecule has 3 fully saturated rings. The maximum Gasteiger partial charge on any atom is 0.0991 e. The van der Waals surface area contributed by atoms with E-state index in [9.17, 15) is 0 Å². The molecule has 0 amide bonds. The normalized spacial score (nSPS) is 27.8. The summed E-state index contributed by atoms with van der Waals surface area (Å²) in [5, 5.41) is 8.94. The summed E-state index contributed by atoms with van der Waals surface area (Å²) in [7, 11) is 0. The molecule has 0 saturated heterocycles. The van der Waals surface area contributed by atoms with Crippen LogP contribution in [0.5, 0.6) is 0 Å². The molecule has 2 aromatic carbocycles. The monoisotopic (exact) mass is 329 g/mol. The predicted octanol–water partition coefficient (Wildman–Crippen LogP) is 6.62. The van der Waals surface area contributed by atoms with Crippen LogP contribution in [0, 0.1) is 16.7 Å². The smallest absolute Gasteiger partial charge is 0.0991 e. The average molecular weight is 329 g/mol. The summed E-state index contributed by atoms with van der Waals surface area (Å²) in [5.74, 6) is 0. The quantitative estimate of drug-likeness (QED) is 0.618. The summed E-state index contributed by atoms with van der Waals surface area (Å²) < 4.78 is 0. The van der Waals surface area contributed by atoms with E-state index < -0.39 is 0 Å². The maximum atomic E-state index is 8.94. The molecule has 128 valence electrons. The van der Waals surface area contributed by atoms with Crippen molar-refractivity contribution in [2.45, 2.75) is 63.7 Å². The van der Waals surface area contributed by atoms with E-state index in [0.717, 1.165) is 5.56 Å². The minimum Gasteiger partial charge on any atom is -0.192 e. The topological polar surface area (TPSA) is 23.8 Å². The van der Waals surface area contributed by atoms with Gasteiger partial charge in [0.15, 0.2) is 0 Å². The van der Waals surface area contributed by atoms with Gasteiger partial charge in [-0.15, -0.1) is 0 Å². The zero-order valence-corrected chi connectivity index (χ0v) is 15.2. The molecule has 0 heterocycles. The molecule has 2 aromatic rings. The highest BCUT2D eigenvalue weighted by molar-refractivity contribution is 5.64. The third-order valence-electron chi connectivity index (χ3n) is 7.03. The summed E-state index contributed by atoms with van der Waals surface area (Å²) in [6.07, 6.45) is 11.2. The first kappa shape index (κ1) is 16.4. The number of hydrogen-bond donors (Lipinski definition) is 0. The number of nitrogens with zero attached hydrogens (tertiary/aromatic N) is 1. The molecule has 3 aliphatic carbocycles. The lowest BCUT2D eigenvalue weighted by Gasteiger charge is -2.54. The zero-order chi connectivity index (χ0) is 17.3. The van der Waals surface area contributed by atoms with E-state index >= 15 is 0 Å². The third-order valence-corrected chi connectivity index (χ3v) is 7.03. The molecule has 1 heteroatoms. The van der Waals surface area contributed by atoms with Gasteiger partial charge in [0, 0.05) is 0 Å². The molecular weight excluding hydrogens is 302 g/mol. The predicted molar refractivity (Wildman–Crippen MR) is 103 cm³/mol. The number of fused-ring (bicyclic) bond motifs is 3. The van der Waals surface area contributed by atoms with Crippen LogP contribution in [-0.4, -0.2) is 0 Å². The second-order valence-electron chi connectivity index (χ2n) is 8.30. The van der Waals surface area contributed by atoms with Crippen LogP contribution in [0.25, 0.3) is 11.1 Å². The summed E-state index contributed by atoms with van der Waals surface area (Å²) >= 11 is 0. The van der Waals surface area contributed by atoms with E-state index in [1.165, 1.54) is 62.5 Å². The van der Waals surface area contributed by atoms with Gasteiger partial charge >= 0.3 is 0 Å². The molecule has 5 rings (SSSR count). The van der Waals surface area contributed by atoms with Crippen molar-refractivity contribution in [3.8, 4) is 17.2 Å². The van der Waals surface area contributed by atoms with E-state index in [1.807, 2.05) is 24.3 Å². The van der Waals surface area contributed by atoms with Crippen molar-refractivity contribution in [3.05, 3.63) is 59.7 Å². The maximum absolute atomic E-state index is 8.94. The van der Waals surface area contributed by atoms with Crippen molar-refractivity contribution in [1.82, 2.24) is 0 Å². The lowest BCUT2D eigenvalue weighted by atomic mass is 9.51. The third kappa shape index (κ3) is 2.89. The molecule has 0 atom stereocenters. The van der Waals surface area contributed by atoms with Crippen LogP contribution < -0.4 is 0 Å². The van der Waals surface area contributed by atoms with Crippen molar-refractivity contribution >= 4 is 0 Å². The number of nitriles is 1.